The molecule has 0 atom stereocenters. The average Bonchev–Trinajstić information content (AvgIpc) is 2.59. The van der Waals surface area contributed by atoms with Gasteiger partial charge >= 0.3 is 0 Å². The van der Waals surface area contributed by atoms with Gasteiger partial charge in [0.2, 0.25) is 0 Å². The van der Waals surface area contributed by atoms with E-state index in [-0.39, 0.29) is 0 Å². The summed E-state index contributed by atoms with van der Waals surface area (Å²) in [6, 6.07) is 4.93. The van der Waals surface area contributed by atoms with Gasteiger partial charge in [0.15, 0.2) is 0 Å². The fourth-order valence-electron chi connectivity index (χ4n) is 1.13. The Morgan fingerprint density at radius 3 is 3.20 bits per heavy atom. The third-order valence-electron chi connectivity index (χ3n) is 1.65. The van der Waals surface area contributed by atoms with Crippen LogP contribution in [0.1, 0.15) is 6.42 Å². The lowest BCUT2D eigenvalue weighted by molar-refractivity contribution is 0.980. The number of hydrogen-bond donors (Lipinski definition) is 1. The zero-order chi connectivity index (χ0) is 6.81. The van der Waals surface area contributed by atoms with Crippen molar-refractivity contribution in [1.82, 2.24) is 4.98 Å². The Kier molecular flexibility index (Phi) is 1.24. The molecule has 1 aliphatic rings. The van der Waals surface area contributed by atoms with Gasteiger partial charge in [-0.3, -0.25) is 0 Å². The molecule has 2 nitrogen and oxygen atoms in total. The first kappa shape index (κ1) is 5.59. The summed E-state index contributed by atoms with van der Waals surface area (Å²) in [6.45, 7) is 1.09. The maximum absolute atomic E-state index is 3.10. The number of hydrogen-bond acceptors (Lipinski definition) is 1. The lowest BCUT2D eigenvalue weighted by Crippen LogP contribution is -2.11. The molecule has 1 aliphatic heterocycles. The largest absolute Gasteiger partial charge is 0.347 e. The van der Waals surface area contributed by atoms with E-state index >= 15 is 0 Å². The Hall–Kier alpha value is -1.18. The number of anilines is 1. The van der Waals surface area contributed by atoms with Gasteiger partial charge in [0.1, 0.15) is 5.82 Å². The summed E-state index contributed by atoms with van der Waals surface area (Å²) >= 11 is 0. The Balaban J connectivity index is 2.20. The summed E-state index contributed by atoms with van der Waals surface area (Å²) in [7, 11) is 0. The van der Waals surface area contributed by atoms with Crippen molar-refractivity contribution in [2.24, 2.45) is 0 Å². The molecular weight excluding hydrogens is 124 g/mol. The standard InChI is InChI=1S/C8H9N2/c1-2-7-10(6-1)8-4-3-5-9-8/h1,4-6,9H,2,7H2. The summed E-state index contributed by atoms with van der Waals surface area (Å²) < 4.78 is 0. The molecule has 10 heavy (non-hydrogen) atoms. The van der Waals surface area contributed by atoms with Crippen molar-refractivity contribution in [3.63, 3.8) is 0 Å². The Labute approximate surface area is 60.2 Å². The van der Waals surface area contributed by atoms with Gasteiger partial charge in [0, 0.05) is 25.0 Å². The van der Waals surface area contributed by atoms with Crippen molar-refractivity contribution in [2.75, 3.05) is 11.4 Å². The van der Waals surface area contributed by atoms with E-state index in [9.17, 15) is 0 Å². The van der Waals surface area contributed by atoms with Gasteiger partial charge in [0.25, 0.3) is 0 Å². The third kappa shape index (κ3) is 0.817. The highest BCUT2D eigenvalue weighted by atomic mass is 15.2. The van der Waals surface area contributed by atoms with Gasteiger partial charge in [-0.15, -0.1) is 0 Å². The fourth-order valence-corrected chi connectivity index (χ4v) is 1.13. The Morgan fingerprint density at radius 1 is 1.60 bits per heavy atom. The van der Waals surface area contributed by atoms with Gasteiger partial charge in [-0.05, 0) is 12.5 Å². The monoisotopic (exact) mass is 133 g/mol. The molecule has 0 bridgehead atoms. The highest BCUT2D eigenvalue weighted by molar-refractivity contribution is 5.43. The van der Waals surface area contributed by atoms with Crippen LogP contribution in [0.2, 0.25) is 0 Å². The van der Waals surface area contributed by atoms with E-state index in [1.54, 1.807) is 0 Å². The first-order valence-corrected chi connectivity index (χ1v) is 3.44. The molecule has 0 spiro atoms. The lowest BCUT2D eigenvalue weighted by Gasteiger charge is -2.11. The second kappa shape index (κ2) is 2.21. The highest BCUT2D eigenvalue weighted by Gasteiger charge is 2.05. The molecule has 2 heteroatoms. The van der Waals surface area contributed by atoms with Crippen LogP contribution in [-0.2, 0) is 0 Å². The molecule has 0 amide bonds. The molecule has 0 fully saturated rings. The van der Waals surface area contributed by atoms with Crippen molar-refractivity contribution in [1.29, 1.82) is 0 Å². The Bertz CT molecular complexity index is 223. The quantitative estimate of drug-likeness (QED) is 0.615. The smallest absolute Gasteiger partial charge is 0.110 e. The summed E-state index contributed by atoms with van der Waals surface area (Å²) in [6.07, 6.45) is 7.24. The third-order valence-corrected chi connectivity index (χ3v) is 1.65. The molecule has 0 unspecified atom stereocenters. The molecular formula is C8H9N2. The van der Waals surface area contributed by atoms with Crippen LogP contribution in [0.3, 0.4) is 0 Å². The first-order valence-electron chi connectivity index (χ1n) is 3.44. The van der Waals surface area contributed by atoms with Gasteiger partial charge in [-0.2, -0.15) is 0 Å². The highest BCUT2D eigenvalue weighted by Crippen LogP contribution is 2.14. The number of aromatic nitrogens is 1. The molecule has 1 N–H and O–H groups in total. The maximum atomic E-state index is 3.10. The molecule has 0 saturated heterocycles. The topological polar surface area (TPSA) is 19.0 Å². The molecule has 0 aromatic carbocycles. The molecule has 2 heterocycles. The van der Waals surface area contributed by atoms with Crippen molar-refractivity contribution in [2.45, 2.75) is 6.42 Å². The van der Waals surface area contributed by atoms with E-state index in [1.807, 2.05) is 12.3 Å². The molecule has 51 valence electrons. The van der Waals surface area contributed by atoms with Crippen LogP contribution in [-0.4, -0.2) is 11.5 Å². The number of H-pyrrole nitrogens is 1. The molecule has 1 radical (unpaired) electrons. The van der Waals surface area contributed by atoms with Crippen LogP contribution in [0.15, 0.2) is 24.5 Å². The number of nitrogens with zero attached hydrogens (tertiary/aromatic N) is 1. The number of nitrogens with one attached hydrogen (secondary N) is 1. The molecule has 1 aromatic rings. The Morgan fingerprint density at radius 2 is 2.60 bits per heavy atom. The van der Waals surface area contributed by atoms with Crippen molar-refractivity contribution < 1.29 is 0 Å². The minimum Gasteiger partial charge on any atom is -0.347 e. The summed E-state index contributed by atoms with van der Waals surface area (Å²) in [4.78, 5) is 5.28. The van der Waals surface area contributed by atoms with Gasteiger partial charge in [0.05, 0.1) is 0 Å². The molecule has 0 aliphatic carbocycles. The van der Waals surface area contributed by atoms with Crippen LogP contribution in [0, 0.1) is 6.07 Å². The van der Waals surface area contributed by atoms with E-state index in [0.717, 1.165) is 18.8 Å². The fraction of sp³-hybridized carbons (Fsp3) is 0.250. The predicted molar refractivity (Wildman–Crippen MR) is 40.7 cm³/mol. The summed E-state index contributed by atoms with van der Waals surface area (Å²) in [5.41, 5.74) is 0. The van der Waals surface area contributed by atoms with Crippen molar-refractivity contribution in [3.05, 3.63) is 30.6 Å². The van der Waals surface area contributed by atoms with E-state index in [0.29, 0.717) is 0 Å². The SMILES string of the molecule is [c]1c[nH]c(N2C=CCC2)c1. The van der Waals surface area contributed by atoms with E-state index < -0.39 is 0 Å². The van der Waals surface area contributed by atoms with Crippen LogP contribution in [0.5, 0.6) is 0 Å². The normalized spacial score (nSPS) is 16.6. The molecule has 2 rings (SSSR count). The maximum Gasteiger partial charge on any atom is 0.110 e. The summed E-state index contributed by atoms with van der Waals surface area (Å²) in [5.74, 6) is 1.13. The minimum atomic E-state index is 1.09. The zero-order valence-corrected chi connectivity index (χ0v) is 5.67. The van der Waals surface area contributed by atoms with E-state index in [2.05, 4.69) is 28.2 Å². The molecule has 0 saturated carbocycles. The summed E-state index contributed by atoms with van der Waals surface area (Å²) in [5, 5.41) is 0. The average molecular weight is 133 g/mol. The van der Waals surface area contributed by atoms with Crippen molar-refractivity contribution >= 4 is 5.82 Å². The van der Waals surface area contributed by atoms with Gasteiger partial charge < -0.3 is 9.88 Å². The second-order valence-corrected chi connectivity index (χ2v) is 2.35. The molecule has 1 aromatic heterocycles. The predicted octanol–water partition coefficient (Wildman–Crippen LogP) is 1.54. The second-order valence-electron chi connectivity index (χ2n) is 2.35. The number of aromatic amines is 1. The first-order chi connectivity index (χ1) is 4.97. The van der Waals surface area contributed by atoms with Crippen molar-refractivity contribution in [3.8, 4) is 0 Å². The minimum absolute atomic E-state index is 1.09. The van der Waals surface area contributed by atoms with E-state index in [4.69, 9.17) is 0 Å². The van der Waals surface area contributed by atoms with Crippen LogP contribution < -0.4 is 4.90 Å². The zero-order valence-electron chi connectivity index (χ0n) is 5.67. The number of rotatable bonds is 1. The van der Waals surface area contributed by atoms with Crippen LogP contribution >= 0.6 is 0 Å². The lowest BCUT2D eigenvalue weighted by atomic mass is 10.5. The van der Waals surface area contributed by atoms with Crippen LogP contribution in [0.4, 0.5) is 5.82 Å². The van der Waals surface area contributed by atoms with Gasteiger partial charge in [-0.1, -0.05) is 6.08 Å². The van der Waals surface area contributed by atoms with E-state index in [1.165, 1.54) is 0 Å². The van der Waals surface area contributed by atoms with Crippen LogP contribution in [0.25, 0.3) is 0 Å². The van der Waals surface area contributed by atoms with Gasteiger partial charge in [-0.25, -0.2) is 0 Å².